The molecule has 0 atom stereocenters. The van der Waals surface area contributed by atoms with E-state index in [1.807, 2.05) is 12.1 Å². The molecule has 4 rings (SSSR count). The molecule has 0 spiro atoms. The van der Waals surface area contributed by atoms with Gasteiger partial charge in [0.25, 0.3) is 0 Å². The first-order chi connectivity index (χ1) is 17.4. The number of nitrogens with one attached hydrogen (secondary N) is 1. The first-order valence-corrected chi connectivity index (χ1v) is 12.9. The van der Waals surface area contributed by atoms with Crippen molar-refractivity contribution in [2.45, 2.75) is 24.2 Å². The van der Waals surface area contributed by atoms with Crippen molar-refractivity contribution >= 4 is 38.4 Å². The minimum Gasteiger partial charge on any atom is -0.497 e. The Morgan fingerprint density at radius 2 is 1.62 bits per heavy atom. The number of nitrogens with zero attached hydrogens (tertiary/aromatic N) is 3. The Kier molecular flexibility index (Phi) is 10.9. The molecule has 0 amide bonds. The van der Waals surface area contributed by atoms with Crippen LogP contribution < -0.4 is 61.4 Å². The number of aliphatic hydroxyl groups excluding tert-OH is 2. The quantitative estimate of drug-likeness (QED) is 0.239. The number of fused-ring (bicyclic) bond motifs is 1. The van der Waals surface area contributed by atoms with Gasteiger partial charge in [0.2, 0.25) is 10.0 Å². The monoisotopic (exact) mass is 546 g/mol. The maximum absolute atomic E-state index is 13.2. The molecule has 0 unspecified atom stereocenters. The zero-order valence-electron chi connectivity index (χ0n) is 20.8. The molecule has 37 heavy (non-hydrogen) atoms. The summed E-state index contributed by atoms with van der Waals surface area (Å²) in [4.78, 5) is 9.10. The second kappa shape index (κ2) is 13.6. The standard InChI is InChI=1S/C26H27N4O5S.K/c1-35-20-11-10-19(14-16-32)24(17-20)29-25-26(28-23-7-3-2-6-22(23)27-25)30-36(33,34)21-12-8-18(9-13-21)5-4-15-31;/h2-3,6-13,17,31-32H,4-5,14-16H2,1H3,(H-,27,28,29,30);/q-1;+1. The van der Waals surface area contributed by atoms with Gasteiger partial charge in [-0.25, -0.2) is 13.4 Å². The Bertz CT molecular complexity index is 1450. The van der Waals surface area contributed by atoms with Gasteiger partial charge in [0.15, 0.2) is 0 Å². The molecule has 1 heterocycles. The average molecular weight is 547 g/mol. The van der Waals surface area contributed by atoms with Crippen LogP contribution in [0.2, 0.25) is 0 Å². The second-order valence-corrected chi connectivity index (χ2v) is 9.65. The van der Waals surface area contributed by atoms with Crippen molar-refractivity contribution in [2.24, 2.45) is 0 Å². The van der Waals surface area contributed by atoms with Gasteiger partial charge in [0.05, 0.1) is 17.5 Å². The Morgan fingerprint density at radius 3 is 2.27 bits per heavy atom. The topological polar surface area (TPSA) is 136 Å². The predicted octanol–water partition coefficient (Wildman–Crippen LogP) is 1.24. The third-order valence-corrected chi connectivity index (χ3v) is 6.84. The van der Waals surface area contributed by atoms with Crippen molar-refractivity contribution in [1.29, 1.82) is 0 Å². The zero-order chi connectivity index (χ0) is 25.5. The summed E-state index contributed by atoms with van der Waals surface area (Å²) in [5, 5.41) is 21.6. The fourth-order valence-corrected chi connectivity index (χ4v) is 4.62. The minimum absolute atomic E-state index is 0. The number of aryl methyl sites for hydroxylation is 1. The van der Waals surface area contributed by atoms with Gasteiger partial charge in [0.1, 0.15) is 11.6 Å². The molecule has 11 heteroatoms. The van der Waals surface area contributed by atoms with Crippen molar-refractivity contribution in [1.82, 2.24) is 9.97 Å². The summed E-state index contributed by atoms with van der Waals surface area (Å²) < 4.78 is 35.7. The molecule has 3 N–H and O–H groups in total. The van der Waals surface area contributed by atoms with E-state index in [4.69, 9.17) is 9.84 Å². The third-order valence-electron chi connectivity index (χ3n) is 5.55. The Labute approximate surface area is 258 Å². The van der Waals surface area contributed by atoms with E-state index >= 15 is 0 Å². The maximum atomic E-state index is 13.2. The molecular formula is C26H27KN4O5S. The Hall–Kier alpha value is -2.09. The van der Waals surface area contributed by atoms with Gasteiger partial charge in [-0.2, -0.15) is 0 Å². The Morgan fingerprint density at radius 1 is 0.919 bits per heavy atom. The van der Waals surface area contributed by atoms with E-state index in [1.54, 1.807) is 49.6 Å². The molecule has 3 aromatic carbocycles. The number of aliphatic hydroxyl groups is 2. The zero-order valence-corrected chi connectivity index (χ0v) is 24.7. The number of sulfonamides is 1. The molecule has 9 nitrogen and oxygen atoms in total. The van der Waals surface area contributed by atoms with Crippen LogP contribution in [-0.4, -0.2) is 48.9 Å². The van der Waals surface area contributed by atoms with E-state index in [0.717, 1.165) is 11.1 Å². The molecule has 0 aliphatic rings. The van der Waals surface area contributed by atoms with Gasteiger partial charge in [-0.15, -0.1) is 0 Å². The predicted molar refractivity (Wildman–Crippen MR) is 139 cm³/mol. The van der Waals surface area contributed by atoms with Crippen LogP contribution in [0.4, 0.5) is 17.3 Å². The molecule has 0 fully saturated rings. The van der Waals surface area contributed by atoms with E-state index < -0.39 is 10.0 Å². The van der Waals surface area contributed by atoms with Crippen LogP contribution in [0.15, 0.2) is 71.6 Å². The molecule has 4 aromatic rings. The van der Waals surface area contributed by atoms with Crippen molar-refractivity contribution in [3.63, 3.8) is 0 Å². The number of benzene rings is 3. The molecule has 0 saturated carbocycles. The smallest absolute Gasteiger partial charge is 0.497 e. The summed E-state index contributed by atoms with van der Waals surface area (Å²) in [5.41, 5.74) is 3.37. The van der Waals surface area contributed by atoms with E-state index in [2.05, 4.69) is 20.0 Å². The van der Waals surface area contributed by atoms with E-state index in [0.29, 0.717) is 41.7 Å². The normalized spacial score (nSPS) is 11.1. The summed E-state index contributed by atoms with van der Waals surface area (Å²) in [5.74, 6) is 0.653. The first kappa shape index (κ1) is 29.5. The van der Waals surface area contributed by atoms with E-state index in [1.165, 1.54) is 12.1 Å². The van der Waals surface area contributed by atoms with Gasteiger partial charge in [-0.1, -0.05) is 36.4 Å². The molecule has 188 valence electrons. The van der Waals surface area contributed by atoms with Crippen LogP contribution in [0, 0.1) is 0 Å². The fourth-order valence-electron chi connectivity index (χ4n) is 3.68. The van der Waals surface area contributed by atoms with Crippen LogP contribution in [-0.2, 0) is 22.9 Å². The van der Waals surface area contributed by atoms with Gasteiger partial charge >= 0.3 is 51.4 Å². The van der Waals surface area contributed by atoms with Crippen LogP contribution in [0.3, 0.4) is 0 Å². The number of hydrogen-bond acceptors (Lipinski definition) is 8. The first-order valence-electron chi connectivity index (χ1n) is 11.4. The molecular weight excluding hydrogens is 519 g/mol. The third kappa shape index (κ3) is 7.49. The summed E-state index contributed by atoms with van der Waals surface area (Å²) >= 11 is 0. The number of para-hydroxylation sites is 2. The van der Waals surface area contributed by atoms with E-state index in [9.17, 15) is 13.5 Å². The largest absolute Gasteiger partial charge is 1.00 e. The summed E-state index contributed by atoms with van der Waals surface area (Å²) in [6.07, 6.45) is 1.62. The van der Waals surface area contributed by atoms with Crippen LogP contribution in [0.25, 0.3) is 15.8 Å². The van der Waals surface area contributed by atoms with Crippen LogP contribution in [0.1, 0.15) is 17.5 Å². The minimum atomic E-state index is -4.10. The number of methoxy groups -OCH3 is 1. The van der Waals surface area contributed by atoms with Gasteiger partial charge in [-0.3, -0.25) is 0 Å². The number of hydrogen-bond donors (Lipinski definition) is 3. The van der Waals surface area contributed by atoms with Crippen molar-refractivity contribution in [2.75, 3.05) is 25.6 Å². The van der Waals surface area contributed by atoms with Crippen molar-refractivity contribution in [3.05, 3.63) is 82.6 Å². The fraction of sp³-hybridized carbons (Fsp3) is 0.231. The van der Waals surface area contributed by atoms with Crippen molar-refractivity contribution < 1.29 is 74.8 Å². The molecule has 1 aromatic heterocycles. The maximum Gasteiger partial charge on any atom is 1.00 e. The molecule has 0 saturated heterocycles. The van der Waals surface area contributed by atoms with Gasteiger partial charge in [-0.05, 0) is 66.0 Å². The Balaban J connectivity index is 0.00000380. The second-order valence-electron chi connectivity index (χ2n) is 8.04. The molecule has 0 aliphatic heterocycles. The number of aromatic nitrogens is 2. The number of rotatable bonds is 11. The van der Waals surface area contributed by atoms with Gasteiger partial charge in [0, 0.05) is 25.0 Å². The SMILES string of the molecule is COc1ccc(CCO)c(Nc2nc3ccccc3nc2[N-]S(=O)(=O)c2ccc(CCCO)cc2)c1.[K+]. The molecule has 0 aliphatic carbocycles. The van der Waals surface area contributed by atoms with Crippen LogP contribution in [0.5, 0.6) is 5.75 Å². The van der Waals surface area contributed by atoms with E-state index in [-0.39, 0.29) is 81.1 Å². The number of anilines is 2. The van der Waals surface area contributed by atoms with Gasteiger partial charge < -0.3 is 30.0 Å². The average Bonchev–Trinajstić information content (AvgIpc) is 2.89. The summed E-state index contributed by atoms with van der Waals surface area (Å²) in [6.45, 7) is 0.00339. The van der Waals surface area contributed by atoms with Crippen LogP contribution >= 0.6 is 0 Å². The number of ether oxygens (including phenoxy) is 1. The summed E-state index contributed by atoms with van der Waals surface area (Å²) in [6, 6.07) is 18.9. The molecule has 0 bridgehead atoms. The summed E-state index contributed by atoms with van der Waals surface area (Å²) in [7, 11) is -2.55. The van der Waals surface area contributed by atoms with Crippen molar-refractivity contribution in [3.8, 4) is 5.75 Å². The molecule has 0 radical (unpaired) electrons.